The van der Waals surface area contributed by atoms with E-state index in [1.165, 1.54) is 19.2 Å². The fourth-order valence-electron chi connectivity index (χ4n) is 0.944. The van der Waals surface area contributed by atoms with Crippen LogP contribution in [0.3, 0.4) is 0 Å². The van der Waals surface area contributed by atoms with Crippen LogP contribution in [0.4, 0.5) is 8.78 Å². The zero-order valence-corrected chi connectivity index (χ0v) is 8.74. The van der Waals surface area contributed by atoms with E-state index in [0.717, 1.165) is 6.07 Å². The molecule has 0 spiro atoms. The summed E-state index contributed by atoms with van der Waals surface area (Å²) in [6.45, 7) is 1.53. The molecule has 1 aromatic carbocycles. The number of hydrazone groups is 1. The van der Waals surface area contributed by atoms with E-state index < -0.39 is 11.6 Å². The van der Waals surface area contributed by atoms with E-state index in [4.69, 9.17) is 5.73 Å². The van der Waals surface area contributed by atoms with Gasteiger partial charge in [-0.25, -0.2) is 8.78 Å². The third-order valence-corrected chi connectivity index (χ3v) is 1.75. The molecule has 0 saturated carbocycles. The molecule has 3 N–H and O–H groups in total. The van der Waals surface area contributed by atoms with E-state index in [-0.39, 0.29) is 10.7 Å². The van der Waals surface area contributed by atoms with Crippen LogP contribution >= 0.6 is 12.2 Å². The molecule has 15 heavy (non-hydrogen) atoms. The van der Waals surface area contributed by atoms with Crippen molar-refractivity contribution in [2.24, 2.45) is 10.8 Å². The Hall–Kier alpha value is -1.56. The maximum absolute atomic E-state index is 13.1. The van der Waals surface area contributed by atoms with E-state index in [9.17, 15) is 8.78 Å². The summed E-state index contributed by atoms with van der Waals surface area (Å²) in [6.07, 6.45) is 1.18. The average molecular weight is 229 g/mol. The molecular formula is C9H9F2N3S. The Morgan fingerprint density at radius 3 is 2.73 bits per heavy atom. The van der Waals surface area contributed by atoms with Crippen LogP contribution in [-0.2, 0) is 0 Å². The second kappa shape index (κ2) is 4.79. The predicted octanol–water partition coefficient (Wildman–Crippen LogP) is 1.44. The molecule has 0 aliphatic rings. The van der Waals surface area contributed by atoms with Crippen molar-refractivity contribution in [2.75, 3.05) is 0 Å². The molecule has 0 heterocycles. The first-order valence-corrected chi connectivity index (χ1v) is 4.45. The smallest absolute Gasteiger partial charge is 0.184 e. The van der Waals surface area contributed by atoms with Crippen molar-refractivity contribution in [1.82, 2.24) is 5.43 Å². The van der Waals surface area contributed by atoms with Crippen LogP contribution in [0.25, 0.3) is 0 Å². The lowest BCUT2D eigenvalue weighted by Gasteiger charge is -2.00. The Labute approximate surface area is 91.0 Å². The zero-order valence-electron chi connectivity index (χ0n) is 7.92. The first-order valence-electron chi connectivity index (χ1n) is 4.05. The highest BCUT2D eigenvalue weighted by Crippen LogP contribution is 2.12. The molecular weight excluding hydrogens is 220 g/mol. The zero-order chi connectivity index (χ0) is 11.4. The number of halogens is 2. The number of benzene rings is 1. The Bertz CT molecular complexity index is 418. The normalized spacial score (nSPS) is 10.6. The molecule has 0 atom stereocenters. The minimum absolute atomic E-state index is 0.0227. The number of nitrogens with zero attached hydrogens (tertiary/aromatic N) is 1. The number of rotatable bonds is 2. The minimum atomic E-state index is -0.688. The van der Waals surface area contributed by atoms with Gasteiger partial charge in [-0.3, -0.25) is 5.43 Å². The van der Waals surface area contributed by atoms with Crippen molar-refractivity contribution in [2.45, 2.75) is 6.92 Å². The molecule has 1 aromatic rings. The van der Waals surface area contributed by atoms with Gasteiger partial charge in [-0.2, -0.15) is 5.10 Å². The summed E-state index contributed by atoms with van der Waals surface area (Å²) in [5.74, 6) is -1.28. The molecule has 0 fully saturated rings. The quantitative estimate of drug-likeness (QED) is 0.458. The van der Waals surface area contributed by atoms with Crippen LogP contribution in [0.1, 0.15) is 11.1 Å². The number of nitrogens with one attached hydrogen (secondary N) is 1. The summed E-state index contributed by atoms with van der Waals surface area (Å²) in [4.78, 5) is 0. The molecule has 0 aromatic heterocycles. The van der Waals surface area contributed by atoms with Gasteiger partial charge in [0.05, 0.1) is 6.21 Å². The Kier molecular flexibility index (Phi) is 3.68. The highest BCUT2D eigenvalue weighted by atomic mass is 32.1. The third-order valence-electron chi connectivity index (χ3n) is 1.66. The predicted molar refractivity (Wildman–Crippen MR) is 58.6 cm³/mol. The summed E-state index contributed by atoms with van der Waals surface area (Å²) >= 11 is 4.49. The monoisotopic (exact) mass is 229 g/mol. The molecule has 3 nitrogen and oxygen atoms in total. The lowest BCUT2D eigenvalue weighted by atomic mass is 10.1. The van der Waals surface area contributed by atoms with Crippen LogP contribution in [0, 0.1) is 18.6 Å². The Morgan fingerprint density at radius 1 is 1.47 bits per heavy atom. The average Bonchev–Trinajstić information content (AvgIpc) is 2.13. The molecule has 80 valence electrons. The van der Waals surface area contributed by atoms with E-state index in [1.54, 1.807) is 0 Å². The number of thiocarbonyl (C=S) groups is 1. The summed E-state index contributed by atoms with van der Waals surface area (Å²) in [5, 5.41) is 3.55. The lowest BCUT2D eigenvalue weighted by Crippen LogP contribution is -2.24. The molecule has 0 amide bonds. The molecule has 0 aliphatic carbocycles. The van der Waals surface area contributed by atoms with Crippen LogP contribution in [0.5, 0.6) is 0 Å². The van der Waals surface area contributed by atoms with Gasteiger partial charge >= 0.3 is 0 Å². The van der Waals surface area contributed by atoms with Crippen LogP contribution < -0.4 is 11.2 Å². The van der Waals surface area contributed by atoms with Crippen molar-refractivity contribution in [1.29, 1.82) is 0 Å². The van der Waals surface area contributed by atoms with Crippen molar-refractivity contribution < 1.29 is 8.78 Å². The van der Waals surface area contributed by atoms with Crippen LogP contribution in [0.15, 0.2) is 17.2 Å². The SMILES string of the molecule is Cc1cc(C=NNC(N)=S)c(F)cc1F. The van der Waals surface area contributed by atoms with Gasteiger partial charge in [0.25, 0.3) is 0 Å². The topological polar surface area (TPSA) is 50.4 Å². The molecule has 6 heteroatoms. The number of nitrogens with two attached hydrogens (primary N) is 1. The van der Waals surface area contributed by atoms with Crippen LogP contribution in [-0.4, -0.2) is 11.3 Å². The van der Waals surface area contributed by atoms with Crippen molar-refractivity contribution in [3.05, 3.63) is 34.9 Å². The summed E-state index contributed by atoms with van der Waals surface area (Å²) in [6, 6.07) is 2.15. The van der Waals surface area contributed by atoms with Crippen molar-refractivity contribution in [3.8, 4) is 0 Å². The van der Waals surface area contributed by atoms with Gasteiger partial charge < -0.3 is 5.73 Å². The largest absolute Gasteiger partial charge is 0.375 e. The van der Waals surface area contributed by atoms with Gasteiger partial charge in [-0.1, -0.05) is 0 Å². The van der Waals surface area contributed by atoms with Gasteiger partial charge in [0.1, 0.15) is 11.6 Å². The molecule has 0 saturated heterocycles. The van der Waals surface area contributed by atoms with Gasteiger partial charge in [-0.05, 0) is 30.8 Å². The molecule has 0 radical (unpaired) electrons. The van der Waals surface area contributed by atoms with E-state index in [2.05, 4.69) is 22.7 Å². The maximum atomic E-state index is 13.1. The maximum Gasteiger partial charge on any atom is 0.184 e. The third kappa shape index (κ3) is 3.25. The second-order valence-electron chi connectivity index (χ2n) is 2.86. The number of hydrogen-bond donors (Lipinski definition) is 2. The Morgan fingerprint density at radius 2 is 2.13 bits per heavy atom. The summed E-state index contributed by atoms with van der Waals surface area (Å²) in [5.41, 5.74) is 7.88. The fraction of sp³-hybridized carbons (Fsp3) is 0.111. The lowest BCUT2D eigenvalue weighted by molar-refractivity contribution is 0.576. The van der Waals surface area contributed by atoms with Crippen molar-refractivity contribution >= 4 is 23.5 Å². The van der Waals surface area contributed by atoms with Crippen molar-refractivity contribution in [3.63, 3.8) is 0 Å². The van der Waals surface area contributed by atoms with E-state index in [0.29, 0.717) is 5.56 Å². The van der Waals surface area contributed by atoms with Crippen LogP contribution in [0.2, 0.25) is 0 Å². The number of aryl methyl sites for hydroxylation is 1. The summed E-state index contributed by atoms with van der Waals surface area (Å²) in [7, 11) is 0. The van der Waals surface area contributed by atoms with E-state index >= 15 is 0 Å². The van der Waals surface area contributed by atoms with Gasteiger partial charge in [0.2, 0.25) is 0 Å². The minimum Gasteiger partial charge on any atom is -0.375 e. The molecule has 0 aliphatic heterocycles. The fourth-order valence-corrected chi connectivity index (χ4v) is 0.997. The van der Waals surface area contributed by atoms with Gasteiger partial charge in [0.15, 0.2) is 5.11 Å². The van der Waals surface area contributed by atoms with E-state index in [1.807, 2.05) is 0 Å². The highest BCUT2D eigenvalue weighted by molar-refractivity contribution is 7.80. The first kappa shape index (κ1) is 11.5. The number of hydrogen-bond acceptors (Lipinski definition) is 2. The molecule has 0 bridgehead atoms. The molecule has 1 rings (SSSR count). The standard InChI is InChI=1S/C9H9F2N3S/c1-5-2-6(4-13-14-9(12)15)8(11)3-7(5)10/h2-4H,1H3,(H3,12,14,15). The molecule has 0 unspecified atom stereocenters. The highest BCUT2D eigenvalue weighted by Gasteiger charge is 2.04. The summed E-state index contributed by atoms with van der Waals surface area (Å²) < 4.78 is 26.0. The van der Waals surface area contributed by atoms with Gasteiger partial charge in [0, 0.05) is 11.6 Å². The Balaban J connectivity index is 2.90. The second-order valence-corrected chi connectivity index (χ2v) is 3.30. The van der Waals surface area contributed by atoms with Gasteiger partial charge in [-0.15, -0.1) is 0 Å². The first-order chi connectivity index (χ1) is 7.00.